The lowest BCUT2D eigenvalue weighted by molar-refractivity contribution is 0.660. The lowest BCUT2D eigenvalue weighted by Gasteiger charge is -2.22. The van der Waals surface area contributed by atoms with Crippen molar-refractivity contribution >= 4 is 45.1 Å². The average Bonchev–Trinajstić information content (AvgIpc) is 3.71. The molecule has 0 bridgehead atoms. The van der Waals surface area contributed by atoms with Crippen molar-refractivity contribution < 1.29 is 0 Å². The number of aromatic nitrogens is 1. The molecule has 57 heavy (non-hydrogen) atoms. The lowest BCUT2D eigenvalue weighted by atomic mass is 9.81. The molecule has 1 aliphatic carbocycles. The number of aliphatic imine (C=N–C) groups is 2. The quantitative estimate of drug-likeness (QED) is 0.123. The van der Waals surface area contributed by atoms with Crippen LogP contribution in [0.15, 0.2) is 180 Å². The average molecular weight is 733 g/mol. The number of hydrogen-bond donors (Lipinski definition) is 1. The maximum absolute atomic E-state index is 5.07. The summed E-state index contributed by atoms with van der Waals surface area (Å²) in [4.78, 5) is 9.52. The van der Waals surface area contributed by atoms with Crippen molar-refractivity contribution in [1.29, 1.82) is 0 Å². The number of amidine groups is 1. The van der Waals surface area contributed by atoms with Gasteiger partial charge in [0.25, 0.3) is 0 Å². The normalized spacial score (nSPS) is 13.6. The van der Waals surface area contributed by atoms with Gasteiger partial charge < -0.3 is 9.88 Å². The first-order valence-electron chi connectivity index (χ1n) is 19.5. The standard InChI is InChI=1S/C53H40N4/c1-53(2)46-24-14-12-22-42(46)43-31-28-39(33-47(43)53)49-41-21-11-10-20-38(41)32-45-44-23-13-15-25-48(44)57(50(45)49)40-29-26-37(27-30-40)52(55-34-35-16-6-4-7-17-35)56-51(54-3)36-18-8-5-9-19-36/h4-6,8-16,18-33,51H,3,34H2,1-2H3,(H,55,56). The van der Waals surface area contributed by atoms with E-state index in [4.69, 9.17) is 4.99 Å². The summed E-state index contributed by atoms with van der Waals surface area (Å²) in [5, 5.41) is 8.51. The molecule has 0 saturated carbocycles. The molecular formula is C53H40N4. The predicted octanol–water partition coefficient (Wildman–Crippen LogP) is 12.4. The van der Waals surface area contributed by atoms with E-state index in [2.05, 4.69) is 181 Å². The molecule has 0 spiro atoms. The van der Waals surface area contributed by atoms with Gasteiger partial charge >= 0.3 is 0 Å². The predicted molar refractivity (Wildman–Crippen MR) is 238 cm³/mol. The molecule has 4 nitrogen and oxygen atoms in total. The fourth-order valence-electron chi connectivity index (χ4n) is 8.84. The molecule has 1 aliphatic rings. The van der Waals surface area contributed by atoms with Crippen molar-refractivity contribution in [1.82, 2.24) is 9.88 Å². The Hall–Kier alpha value is -7.22. The van der Waals surface area contributed by atoms with E-state index in [1.807, 2.05) is 36.4 Å². The van der Waals surface area contributed by atoms with Crippen molar-refractivity contribution in [3.05, 3.63) is 210 Å². The zero-order valence-electron chi connectivity index (χ0n) is 32.0. The summed E-state index contributed by atoms with van der Waals surface area (Å²) in [6.07, 6.45) is -0.366. The number of nitrogens with one attached hydrogen (secondary N) is 1. The van der Waals surface area contributed by atoms with Crippen LogP contribution in [-0.2, 0) is 12.0 Å². The highest BCUT2D eigenvalue weighted by Gasteiger charge is 2.35. The first-order chi connectivity index (χ1) is 28.0. The van der Waals surface area contributed by atoms with Crippen LogP contribution in [-0.4, -0.2) is 17.1 Å². The fourth-order valence-corrected chi connectivity index (χ4v) is 8.84. The molecule has 1 unspecified atom stereocenters. The van der Waals surface area contributed by atoms with Crippen LogP contribution in [0.4, 0.5) is 0 Å². The van der Waals surface area contributed by atoms with Crippen molar-refractivity contribution in [3.8, 4) is 27.9 Å². The van der Waals surface area contributed by atoms with E-state index in [-0.39, 0.29) is 11.6 Å². The van der Waals surface area contributed by atoms with Crippen LogP contribution in [0.1, 0.15) is 47.8 Å². The van der Waals surface area contributed by atoms with Crippen molar-refractivity contribution in [2.24, 2.45) is 9.98 Å². The van der Waals surface area contributed by atoms with Crippen LogP contribution in [0.25, 0.3) is 60.5 Å². The molecule has 1 N–H and O–H groups in total. The minimum Gasteiger partial charge on any atom is -0.345 e. The van der Waals surface area contributed by atoms with Gasteiger partial charge in [-0.2, -0.15) is 0 Å². The third-order valence-corrected chi connectivity index (χ3v) is 11.6. The highest BCUT2D eigenvalue weighted by molar-refractivity contribution is 6.21. The van der Waals surface area contributed by atoms with E-state index in [1.165, 1.54) is 60.4 Å². The molecule has 8 aromatic carbocycles. The maximum Gasteiger partial charge on any atom is 0.145 e. The summed E-state index contributed by atoms with van der Waals surface area (Å²) in [6, 6.07) is 66.9. The minimum absolute atomic E-state index is 0.112. The Morgan fingerprint density at radius 2 is 1.44 bits per heavy atom. The number of para-hydroxylation sites is 1. The van der Waals surface area contributed by atoms with E-state index in [1.54, 1.807) is 0 Å². The third-order valence-electron chi connectivity index (χ3n) is 11.6. The monoisotopic (exact) mass is 732 g/mol. The van der Waals surface area contributed by atoms with Gasteiger partial charge in [0.15, 0.2) is 0 Å². The Kier molecular flexibility index (Phi) is 8.31. The number of fused-ring (bicyclic) bond motifs is 7. The molecule has 0 saturated heterocycles. The Bertz CT molecular complexity index is 2990. The summed E-state index contributed by atoms with van der Waals surface area (Å²) in [7, 11) is 0. The zero-order valence-corrected chi connectivity index (χ0v) is 32.0. The second kappa shape index (κ2) is 13.8. The highest BCUT2D eigenvalue weighted by Crippen LogP contribution is 2.51. The molecule has 4 heteroatoms. The first-order valence-corrected chi connectivity index (χ1v) is 19.5. The van der Waals surface area contributed by atoms with E-state index in [0.29, 0.717) is 6.54 Å². The van der Waals surface area contributed by atoms with Crippen LogP contribution < -0.4 is 5.32 Å². The summed E-state index contributed by atoms with van der Waals surface area (Å²) in [5.74, 6) is 0.732. The number of rotatable bonds is 8. The highest BCUT2D eigenvalue weighted by atomic mass is 15.1. The van der Waals surface area contributed by atoms with Gasteiger partial charge in [-0.25, -0.2) is 0 Å². The van der Waals surface area contributed by atoms with Crippen LogP contribution in [0, 0.1) is 12.1 Å². The number of benzene rings is 7. The molecule has 0 radical (unpaired) electrons. The Labute approximate surface area is 333 Å². The second-order valence-electron chi connectivity index (χ2n) is 15.3. The summed E-state index contributed by atoms with van der Waals surface area (Å²) in [5.41, 5.74) is 14.1. The van der Waals surface area contributed by atoms with Gasteiger partial charge in [-0.05, 0) is 105 Å². The fraction of sp³-hybridized carbons (Fsp3) is 0.0943. The molecule has 1 atom stereocenters. The first kappa shape index (κ1) is 34.3. The van der Waals surface area contributed by atoms with Gasteiger partial charge in [-0.15, -0.1) is 0 Å². The Morgan fingerprint density at radius 3 is 2.25 bits per heavy atom. The topological polar surface area (TPSA) is 41.7 Å². The molecule has 0 aliphatic heterocycles. The van der Waals surface area contributed by atoms with E-state index in [9.17, 15) is 0 Å². The van der Waals surface area contributed by atoms with E-state index >= 15 is 0 Å². The molecule has 272 valence electrons. The summed E-state index contributed by atoms with van der Waals surface area (Å²) in [6.45, 7) is 9.08. The number of nitrogens with zero attached hydrogens (tertiary/aromatic N) is 3. The molecule has 0 amide bonds. The SMILES string of the molecule is C=NC(NC(=NCc1c#cccc1)c1ccc(-n2c3ccccc3c3cc4ccccc4c(-c4ccc5c(c4)C(C)(C)c4ccccc4-5)c32)cc1)c1ccccc1. The lowest BCUT2D eigenvalue weighted by Crippen LogP contribution is -2.28. The van der Waals surface area contributed by atoms with E-state index in [0.717, 1.165) is 33.7 Å². The zero-order chi connectivity index (χ0) is 38.5. The van der Waals surface area contributed by atoms with Crippen LogP contribution in [0.2, 0.25) is 0 Å². The Balaban J connectivity index is 1.15. The molecule has 0 fully saturated rings. The Morgan fingerprint density at radius 1 is 0.702 bits per heavy atom. The van der Waals surface area contributed by atoms with Gasteiger partial charge in [0.2, 0.25) is 0 Å². The van der Waals surface area contributed by atoms with Crippen molar-refractivity contribution in [2.75, 3.05) is 0 Å². The second-order valence-corrected chi connectivity index (χ2v) is 15.3. The van der Waals surface area contributed by atoms with Gasteiger partial charge in [-0.3, -0.25) is 9.98 Å². The summed E-state index contributed by atoms with van der Waals surface area (Å²) >= 11 is 0. The van der Waals surface area contributed by atoms with Gasteiger partial charge in [0.1, 0.15) is 12.0 Å². The summed E-state index contributed by atoms with van der Waals surface area (Å²) < 4.78 is 2.44. The van der Waals surface area contributed by atoms with Crippen molar-refractivity contribution in [3.63, 3.8) is 0 Å². The largest absolute Gasteiger partial charge is 0.345 e. The third kappa shape index (κ3) is 5.79. The van der Waals surface area contributed by atoms with Crippen LogP contribution >= 0.6 is 0 Å². The minimum atomic E-state index is -0.366. The van der Waals surface area contributed by atoms with Crippen LogP contribution in [0.3, 0.4) is 0 Å². The number of hydrogen-bond acceptors (Lipinski definition) is 2. The maximum atomic E-state index is 5.07. The molecule has 1 aromatic heterocycles. The van der Waals surface area contributed by atoms with E-state index < -0.39 is 0 Å². The van der Waals surface area contributed by atoms with Gasteiger partial charge in [-0.1, -0.05) is 141 Å². The van der Waals surface area contributed by atoms with Gasteiger partial charge in [0, 0.05) is 38.6 Å². The van der Waals surface area contributed by atoms with Crippen LogP contribution in [0.5, 0.6) is 0 Å². The molecule has 1 heterocycles. The van der Waals surface area contributed by atoms with Crippen molar-refractivity contribution in [2.45, 2.75) is 32.0 Å². The van der Waals surface area contributed by atoms with Gasteiger partial charge in [0.05, 0.1) is 17.6 Å². The molecule has 9 aromatic rings. The molecular weight excluding hydrogens is 693 g/mol. The smallest absolute Gasteiger partial charge is 0.145 e. The molecule has 10 rings (SSSR count).